The molecule has 2 rings (SSSR count). The lowest BCUT2D eigenvalue weighted by atomic mass is 9.98. The summed E-state index contributed by atoms with van der Waals surface area (Å²) in [6.45, 7) is 5.96. The van der Waals surface area contributed by atoms with Crippen LogP contribution in [-0.2, 0) is 0 Å². The fourth-order valence-electron chi connectivity index (χ4n) is 2.28. The van der Waals surface area contributed by atoms with E-state index in [4.69, 9.17) is 5.73 Å². The number of nitrogens with zero attached hydrogens (tertiary/aromatic N) is 3. The third-order valence-corrected chi connectivity index (χ3v) is 3.73. The van der Waals surface area contributed by atoms with Gasteiger partial charge in [-0.2, -0.15) is 5.10 Å². The van der Waals surface area contributed by atoms with Crippen LogP contribution in [0.5, 0.6) is 0 Å². The maximum Gasteiger partial charge on any atom is 0.147 e. The summed E-state index contributed by atoms with van der Waals surface area (Å²) in [5, 5.41) is 4.50. The second-order valence-electron chi connectivity index (χ2n) is 4.72. The Morgan fingerprint density at radius 3 is 2.63 bits per heavy atom. The van der Waals surface area contributed by atoms with Gasteiger partial charge in [0.05, 0.1) is 6.04 Å². The van der Waals surface area contributed by atoms with E-state index in [0.29, 0.717) is 0 Å². The van der Waals surface area contributed by atoms with Gasteiger partial charge in [-0.3, -0.25) is 0 Å². The highest BCUT2D eigenvalue weighted by molar-refractivity contribution is 9.10. The van der Waals surface area contributed by atoms with Crippen LogP contribution in [0.1, 0.15) is 36.6 Å². The molecule has 0 aliphatic heterocycles. The number of aromatic nitrogens is 3. The molecule has 0 aliphatic carbocycles. The Morgan fingerprint density at radius 2 is 2.11 bits per heavy atom. The standard InChI is InChI=1S/C14H19BrN4/c1-4-13(16)14(11-6-5-7-12(15)8-11)19-10(3)17-9(2)18-19/h5-8,13-14H,4,16H2,1-3H3. The normalized spacial score (nSPS) is 14.4. The third kappa shape index (κ3) is 3.04. The maximum atomic E-state index is 6.31. The Bertz CT molecular complexity index is 564. The van der Waals surface area contributed by atoms with E-state index in [1.807, 2.05) is 30.7 Å². The quantitative estimate of drug-likeness (QED) is 0.941. The molecular weight excluding hydrogens is 304 g/mol. The average molecular weight is 323 g/mol. The summed E-state index contributed by atoms with van der Waals surface area (Å²) >= 11 is 3.51. The fourth-order valence-corrected chi connectivity index (χ4v) is 2.70. The lowest BCUT2D eigenvalue weighted by molar-refractivity contribution is 0.414. The lowest BCUT2D eigenvalue weighted by Gasteiger charge is -2.24. The van der Waals surface area contributed by atoms with Crippen molar-refractivity contribution >= 4 is 15.9 Å². The van der Waals surface area contributed by atoms with Crippen molar-refractivity contribution in [2.75, 3.05) is 0 Å². The van der Waals surface area contributed by atoms with Crippen LogP contribution in [0.15, 0.2) is 28.7 Å². The molecule has 102 valence electrons. The summed E-state index contributed by atoms with van der Waals surface area (Å²) in [4.78, 5) is 4.38. The van der Waals surface area contributed by atoms with Gasteiger partial charge >= 0.3 is 0 Å². The van der Waals surface area contributed by atoms with Gasteiger partial charge in [-0.05, 0) is 38.0 Å². The van der Waals surface area contributed by atoms with Crippen LogP contribution in [0.3, 0.4) is 0 Å². The molecule has 2 aromatic rings. The number of nitrogens with two attached hydrogens (primary N) is 1. The van der Waals surface area contributed by atoms with Crippen LogP contribution >= 0.6 is 15.9 Å². The first-order valence-electron chi connectivity index (χ1n) is 6.43. The van der Waals surface area contributed by atoms with E-state index in [1.54, 1.807) is 0 Å². The second-order valence-corrected chi connectivity index (χ2v) is 5.64. The summed E-state index contributed by atoms with van der Waals surface area (Å²) in [6, 6.07) is 8.24. The van der Waals surface area contributed by atoms with E-state index in [0.717, 1.165) is 28.1 Å². The Labute approximate surface area is 122 Å². The molecule has 0 bridgehead atoms. The SMILES string of the molecule is CCC(N)C(c1cccc(Br)c1)n1nc(C)nc1C. The van der Waals surface area contributed by atoms with Gasteiger partial charge in [0.25, 0.3) is 0 Å². The van der Waals surface area contributed by atoms with Gasteiger partial charge in [-0.15, -0.1) is 0 Å². The average Bonchev–Trinajstić information content (AvgIpc) is 2.69. The molecule has 0 radical (unpaired) electrons. The molecule has 1 aromatic heterocycles. The maximum absolute atomic E-state index is 6.31. The van der Waals surface area contributed by atoms with Gasteiger partial charge in [0, 0.05) is 10.5 Å². The molecule has 0 spiro atoms. The largest absolute Gasteiger partial charge is 0.326 e. The predicted octanol–water partition coefficient (Wildman–Crippen LogP) is 2.98. The molecule has 2 N–H and O–H groups in total. The molecule has 0 saturated heterocycles. The van der Waals surface area contributed by atoms with Crippen molar-refractivity contribution < 1.29 is 0 Å². The van der Waals surface area contributed by atoms with Crippen molar-refractivity contribution in [3.05, 3.63) is 46.0 Å². The molecule has 1 aromatic carbocycles. The smallest absolute Gasteiger partial charge is 0.147 e. The van der Waals surface area contributed by atoms with E-state index < -0.39 is 0 Å². The summed E-state index contributed by atoms with van der Waals surface area (Å²) in [7, 11) is 0. The Morgan fingerprint density at radius 1 is 1.37 bits per heavy atom. The van der Waals surface area contributed by atoms with Gasteiger partial charge in [-0.25, -0.2) is 9.67 Å². The molecule has 0 aliphatic rings. The van der Waals surface area contributed by atoms with Gasteiger partial charge in [0.1, 0.15) is 11.6 Å². The first kappa shape index (κ1) is 14.2. The minimum atomic E-state index is 0.00843. The molecule has 1 heterocycles. The van der Waals surface area contributed by atoms with Crippen LogP contribution < -0.4 is 5.73 Å². The molecule has 5 heteroatoms. The Hall–Kier alpha value is -1.20. The van der Waals surface area contributed by atoms with Gasteiger partial charge in [-0.1, -0.05) is 35.0 Å². The lowest BCUT2D eigenvalue weighted by Crippen LogP contribution is -2.33. The molecular formula is C14H19BrN4. The molecule has 0 fully saturated rings. The molecule has 2 unspecified atom stereocenters. The van der Waals surface area contributed by atoms with Gasteiger partial charge < -0.3 is 5.73 Å². The summed E-state index contributed by atoms with van der Waals surface area (Å²) in [6.07, 6.45) is 0.884. The summed E-state index contributed by atoms with van der Waals surface area (Å²) in [5.74, 6) is 1.67. The fraction of sp³-hybridized carbons (Fsp3) is 0.429. The third-order valence-electron chi connectivity index (χ3n) is 3.24. The second kappa shape index (κ2) is 5.84. The van der Waals surface area contributed by atoms with Crippen LogP contribution in [0, 0.1) is 13.8 Å². The van der Waals surface area contributed by atoms with Crippen molar-refractivity contribution in [2.24, 2.45) is 5.73 Å². The summed E-state index contributed by atoms with van der Waals surface area (Å²) in [5.41, 5.74) is 7.46. The van der Waals surface area contributed by atoms with Crippen LogP contribution in [-0.4, -0.2) is 20.8 Å². The predicted molar refractivity (Wildman–Crippen MR) is 80.0 cm³/mol. The van der Waals surface area contributed by atoms with Gasteiger partial charge in [0.2, 0.25) is 0 Å². The Kier molecular flexibility index (Phi) is 4.37. The molecule has 19 heavy (non-hydrogen) atoms. The number of halogens is 1. The molecule has 0 saturated carbocycles. The zero-order chi connectivity index (χ0) is 14.0. The van der Waals surface area contributed by atoms with E-state index in [-0.39, 0.29) is 12.1 Å². The highest BCUT2D eigenvalue weighted by Gasteiger charge is 2.23. The van der Waals surface area contributed by atoms with Crippen molar-refractivity contribution in [1.82, 2.24) is 14.8 Å². The number of hydrogen-bond donors (Lipinski definition) is 1. The van der Waals surface area contributed by atoms with E-state index in [2.05, 4.69) is 45.1 Å². The van der Waals surface area contributed by atoms with Crippen LogP contribution in [0.25, 0.3) is 0 Å². The first-order valence-corrected chi connectivity index (χ1v) is 7.23. The zero-order valence-corrected chi connectivity index (χ0v) is 13.1. The van der Waals surface area contributed by atoms with Crippen molar-refractivity contribution in [3.8, 4) is 0 Å². The van der Waals surface area contributed by atoms with E-state index in [9.17, 15) is 0 Å². The first-order chi connectivity index (χ1) is 9.02. The van der Waals surface area contributed by atoms with Crippen molar-refractivity contribution in [3.63, 3.8) is 0 Å². The van der Waals surface area contributed by atoms with Crippen molar-refractivity contribution in [1.29, 1.82) is 0 Å². The number of hydrogen-bond acceptors (Lipinski definition) is 3. The topological polar surface area (TPSA) is 56.7 Å². The number of aryl methyl sites for hydroxylation is 2. The van der Waals surface area contributed by atoms with E-state index >= 15 is 0 Å². The van der Waals surface area contributed by atoms with Gasteiger partial charge in [0.15, 0.2) is 0 Å². The highest BCUT2D eigenvalue weighted by atomic mass is 79.9. The monoisotopic (exact) mass is 322 g/mol. The zero-order valence-electron chi connectivity index (χ0n) is 11.5. The minimum absolute atomic E-state index is 0.00843. The number of benzene rings is 1. The van der Waals surface area contributed by atoms with Crippen molar-refractivity contribution in [2.45, 2.75) is 39.3 Å². The minimum Gasteiger partial charge on any atom is -0.326 e. The van der Waals surface area contributed by atoms with Crippen LogP contribution in [0.4, 0.5) is 0 Å². The molecule has 0 amide bonds. The number of rotatable bonds is 4. The molecule has 2 atom stereocenters. The highest BCUT2D eigenvalue weighted by Crippen LogP contribution is 2.25. The molecule has 4 nitrogen and oxygen atoms in total. The van der Waals surface area contributed by atoms with Crippen LogP contribution in [0.2, 0.25) is 0 Å². The summed E-state index contributed by atoms with van der Waals surface area (Å²) < 4.78 is 2.98. The Balaban J connectivity index is 2.50. The van der Waals surface area contributed by atoms with E-state index in [1.165, 1.54) is 0 Å².